The number of hydrogen-bond donors (Lipinski definition) is 0. The van der Waals surface area contributed by atoms with Gasteiger partial charge < -0.3 is 0 Å². The van der Waals surface area contributed by atoms with Crippen molar-refractivity contribution in [3.8, 4) is 0 Å². The largest absolute Gasteiger partial charge is 0.275 e. The second kappa shape index (κ2) is 4.95. The maximum Gasteiger partial charge on any atom is 0.275 e. The zero-order valence-corrected chi connectivity index (χ0v) is 9.34. The Balaban J connectivity index is 3.27. The average Bonchev–Trinajstić information content (AvgIpc) is 2.18. The van der Waals surface area contributed by atoms with Crippen molar-refractivity contribution in [3.05, 3.63) is 33.9 Å². The Kier molecular flexibility index (Phi) is 3.88. The van der Waals surface area contributed by atoms with Crippen molar-refractivity contribution in [2.24, 2.45) is 4.99 Å². The summed E-state index contributed by atoms with van der Waals surface area (Å²) in [6.07, 6.45) is 0. The van der Waals surface area contributed by atoms with Gasteiger partial charge in [-0.3, -0.25) is 10.1 Å². The molecular formula is C8H5BrN2O2S. The van der Waals surface area contributed by atoms with Crippen molar-refractivity contribution in [2.45, 2.75) is 5.33 Å². The molecule has 0 N–H and O–H groups in total. The predicted octanol–water partition coefficient (Wildman–Crippen LogP) is 3.22. The number of alkyl halides is 1. The normalized spacial score (nSPS) is 9.21. The number of aliphatic imine (C=N–C) groups is 1. The summed E-state index contributed by atoms with van der Waals surface area (Å²) in [6, 6.07) is 4.66. The molecule has 0 saturated heterocycles. The predicted molar refractivity (Wildman–Crippen MR) is 60.4 cm³/mol. The zero-order chi connectivity index (χ0) is 10.6. The lowest BCUT2D eigenvalue weighted by Crippen LogP contribution is -1.92. The average molecular weight is 273 g/mol. The van der Waals surface area contributed by atoms with Crippen LogP contribution in [0, 0.1) is 10.1 Å². The van der Waals surface area contributed by atoms with Gasteiger partial charge in [0, 0.05) is 17.0 Å². The first-order chi connectivity index (χ1) is 6.69. The van der Waals surface area contributed by atoms with E-state index in [1.165, 1.54) is 6.07 Å². The fourth-order valence-electron chi connectivity index (χ4n) is 0.957. The van der Waals surface area contributed by atoms with Gasteiger partial charge in [-0.25, -0.2) is 0 Å². The van der Waals surface area contributed by atoms with Crippen LogP contribution >= 0.6 is 28.1 Å². The highest BCUT2D eigenvalue weighted by molar-refractivity contribution is 9.08. The number of nitro groups is 1. The van der Waals surface area contributed by atoms with Gasteiger partial charge in [-0.1, -0.05) is 15.9 Å². The Morgan fingerprint density at radius 1 is 1.64 bits per heavy atom. The third kappa shape index (κ3) is 2.45. The third-order valence-electron chi connectivity index (χ3n) is 1.58. The van der Waals surface area contributed by atoms with Gasteiger partial charge in [0.15, 0.2) is 0 Å². The van der Waals surface area contributed by atoms with E-state index in [-0.39, 0.29) is 5.69 Å². The van der Waals surface area contributed by atoms with Crippen molar-refractivity contribution in [1.29, 1.82) is 0 Å². The van der Waals surface area contributed by atoms with E-state index in [1.807, 2.05) is 0 Å². The van der Waals surface area contributed by atoms with Gasteiger partial charge in [-0.2, -0.15) is 4.99 Å². The van der Waals surface area contributed by atoms with E-state index in [4.69, 9.17) is 0 Å². The fraction of sp³-hybridized carbons (Fsp3) is 0.125. The van der Waals surface area contributed by atoms with Gasteiger partial charge in [-0.05, 0) is 24.4 Å². The number of benzene rings is 1. The SMILES string of the molecule is O=[N+]([O-])c1cc(N=C=S)ccc1CBr. The lowest BCUT2D eigenvalue weighted by atomic mass is 10.2. The molecule has 6 heteroatoms. The van der Waals surface area contributed by atoms with E-state index in [1.54, 1.807) is 12.1 Å². The topological polar surface area (TPSA) is 55.5 Å². The summed E-state index contributed by atoms with van der Waals surface area (Å²) in [5.74, 6) is 0. The van der Waals surface area contributed by atoms with Crippen molar-refractivity contribution in [3.63, 3.8) is 0 Å². The molecule has 4 nitrogen and oxygen atoms in total. The van der Waals surface area contributed by atoms with Crippen LogP contribution in [0.25, 0.3) is 0 Å². The smallest absolute Gasteiger partial charge is 0.258 e. The van der Waals surface area contributed by atoms with Crippen LogP contribution in [0.15, 0.2) is 23.2 Å². The number of nitrogens with zero attached hydrogens (tertiary/aromatic N) is 2. The molecule has 1 rings (SSSR count). The molecule has 0 bridgehead atoms. The summed E-state index contributed by atoms with van der Waals surface area (Å²) < 4.78 is 0. The number of rotatable bonds is 3. The number of thiocarbonyl (C=S) groups is 1. The molecule has 72 valence electrons. The molecular weight excluding hydrogens is 268 g/mol. The highest BCUT2D eigenvalue weighted by Crippen LogP contribution is 2.26. The van der Waals surface area contributed by atoms with E-state index >= 15 is 0 Å². The van der Waals surface area contributed by atoms with Crippen LogP contribution in [0.1, 0.15) is 5.56 Å². The van der Waals surface area contributed by atoms with E-state index in [2.05, 4.69) is 38.3 Å². The van der Waals surface area contributed by atoms with Crippen LogP contribution in [0.2, 0.25) is 0 Å². The minimum absolute atomic E-state index is 0.0355. The molecule has 0 unspecified atom stereocenters. The molecule has 0 aliphatic rings. The lowest BCUT2D eigenvalue weighted by Gasteiger charge is -1.98. The first-order valence-electron chi connectivity index (χ1n) is 3.60. The zero-order valence-electron chi connectivity index (χ0n) is 6.94. The van der Waals surface area contributed by atoms with Crippen LogP contribution in [-0.2, 0) is 5.33 Å². The maximum absolute atomic E-state index is 10.6. The Bertz CT molecular complexity index is 416. The number of isothiocyanates is 1. The van der Waals surface area contributed by atoms with Gasteiger partial charge in [-0.15, -0.1) is 0 Å². The fourth-order valence-corrected chi connectivity index (χ4v) is 1.54. The molecule has 0 radical (unpaired) electrons. The Hall–Kier alpha value is -1.10. The Labute approximate surface area is 93.9 Å². The van der Waals surface area contributed by atoms with E-state index in [0.29, 0.717) is 16.6 Å². The first-order valence-corrected chi connectivity index (χ1v) is 5.13. The van der Waals surface area contributed by atoms with Crippen LogP contribution < -0.4 is 0 Å². The van der Waals surface area contributed by atoms with Crippen molar-refractivity contribution in [2.75, 3.05) is 0 Å². The monoisotopic (exact) mass is 272 g/mol. The number of halogens is 1. The standard InChI is InChI=1S/C8H5BrN2O2S/c9-4-6-1-2-7(10-5-14)3-8(6)11(12)13/h1-3H,4H2. The summed E-state index contributed by atoms with van der Waals surface area (Å²) in [6.45, 7) is 0. The van der Waals surface area contributed by atoms with Crippen LogP contribution in [0.5, 0.6) is 0 Å². The maximum atomic E-state index is 10.6. The molecule has 14 heavy (non-hydrogen) atoms. The van der Waals surface area contributed by atoms with Crippen LogP contribution in [0.3, 0.4) is 0 Å². The van der Waals surface area contributed by atoms with Gasteiger partial charge in [0.2, 0.25) is 0 Å². The van der Waals surface area contributed by atoms with E-state index in [9.17, 15) is 10.1 Å². The summed E-state index contributed by atoms with van der Waals surface area (Å²) in [5, 5.41) is 13.2. The van der Waals surface area contributed by atoms with Crippen molar-refractivity contribution < 1.29 is 4.92 Å². The molecule has 0 fully saturated rings. The first kappa shape index (κ1) is 11.0. The quantitative estimate of drug-likeness (QED) is 0.279. The molecule has 0 aromatic heterocycles. The minimum Gasteiger partial charge on any atom is -0.258 e. The molecule has 0 spiro atoms. The third-order valence-corrected chi connectivity index (χ3v) is 2.28. The molecule has 0 aliphatic carbocycles. The highest BCUT2D eigenvalue weighted by atomic mass is 79.9. The van der Waals surface area contributed by atoms with Gasteiger partial charge in [0.25, 0.3) is 5.69 Å². The summed E-state index contributed by atoms with van der Waals surface area (Å²) in [7, 11) is 0. The number of nitro benzene ring substituents is 1. The molecule has 0 aliphatic heterocycles. The Morgan fingerprint density at radius 3 is 2.86 bits per heavy atom. The van der Waals surface area contributed by atoms with Gasteiger partial charge in [0.1, 0.15) is 0 Å². The van der Waals surface area contributed by atoms with E-state index < -0.39 is 4.92 Å². The van der Waals surface area contributed by atoms with Gasteiger partial charge in [0.05, 0.1) is 15.8 Å². The van der Waals surface area contributed by atoms with Crippen LogP contribution in [-0.4, -0.2) is 10.1 Å². The molecule has 0 amide bonds. The minimum atomic E-state index is -0.445. The molecule has 0 heterocycles. The molecule has 0 saturated carbocycles. The molecule has 1 aromatic rings. The molecule has 0 atom stereocenters. The summed E-state index contributed by atoms with van der Waals surface area (Å²) >= 11 is 7.58. The Morgan fingerprint density at radius 2 is 2.36 bits per heavy atom. The van der Waals surface area contributed by atoms with E-state index in [0.717, 1.165) is 0 Å². The molecule has 1 aromatic carbocycles. The second-order valence-electron chi connectivity index (χ2n) is 2.41. The van der Waals surface area contributed by atoms with Gasteiger partial charge >= 0.3 is 0 Å². The van der Waals surface area contributed by atoms with Crippen LogP contribution in [0.4, 0.5) is 11.4 Å². The summed E-state index contributed by atoms with van der Waals surface area (Å²) in [4.78, 5) is 13.9. The highest BCUT2D eigenvalue weighted by Gasteiger charge is 2.12. The summed E-state index contributed by atoms with van der Waals surface area (Å²) in [5.41, 5.74) is 1.09. The lowest BCUT2D eigenvalue weighted by molar-refractivity contribution is -0.385. The van der Waals surface area contributed by atoms with Crippen molar-refractivity contribution >= 4 is 44.7 Å². The van der Waals surface area contributed by atoms with Crippen molar-refractivity contribution in [1.82, 2.24) is 0 Å². The second-order valence-corrected chi connectivity index (χ2v) is 3.15. The number of hydrogen-bond acceptors (Lipinski definition) is 4.